The Morgan fingerprint density at radius 2 is 1.79 bits per heavy atom. The smallest absolute Gasteiger partial charge is 0.285 e. The van der Waals surface area contributed by atoms with Crippen LogP contribution in [-0.4, -0.2) is 16.9 Å². The van der Waals surface area contributed by atoms with Crippen molar-refractivity contribution in [2.45, 2.75) is 0 Å². The summed E-state index contributed by atoms with van der Waals surface area (Å²) < 4.78 is 0.889. The van der Waals surface area contributed by atoms with Gasteiger partial charge in [-0.05, 0) is 53.9 Å². The molecule has 0 saturated heterocycles. The number of carbonyl (C=O) groups excluding carboxylic acids is 2. The number of amides is 2. The highest BCUT2D eigenvalue weighted by Crippen LogP contribution is 2.33. The lowest BCUT2D eigenvalue weighted by molar-refractivity contribution is -0.114. The van der Waals surface area contributed by atoms with Crippen LogP contribution in [0.5, 0.6) is 0 Å². The van der Waals surface area contributed by atoms with Crippen molar-refractivity contribution in [2.24, 2.45) is 5.10 Å². The number of rotatable bonds is 4. The summed E-state index contributed by atoms with van der Waals surface area (Å²) in [4.78, 5) is 27.2. The molecule has 0 bridgehead atoms. The van der Waals surface area contributed by atoms with Crippen LogP contribution in [0.2, 0.25) is 0 Å². The molecule has 1 N–H and O–H groups in total. The first-order valence-electron chi connectivity index (χ1n) is 8.58. The highest BCUT2D eigenvalue weighted by Gasteiger charge is 2.31. The molecule has 2 amide bonds. The summed E-state index contributed by atoms with van der Waals surface area (Å²) in [5.41, 5.74) is 1.25. The molecule has 2 heterocycles. The van der Waals surface area contributed by atoms with Crippen molar-refractivity contribution in [1.29, 1.82) is 0 Å². The summed E-state index contributed by atoms with van der Waals surface area (Å²) in [6.07, 6.45) is 1.79. The molecule has 0 aliphatic carbocycles. The maximum Gasteiger partial charge on any atom is 0.285 e. The van der Waals surface area contributed by atoms with Crippen LogP contribution in [0.4, 0.5) is 11.4 Å². The van der Waals surface area contributed by atoms with Gasteiger partial charge in [0.05, 0.1) is 10.6 Å². The second-order valence-corrected chi connectivity index (χ2v) is 8.87. The van der Waals surface area contributed by atoms with Crippen molar-refractivity contribution in [1.82, 2.24) is 0 Å². The van der Waals surface area contributed by atoms with Gasteiger partial charge in [-0.3, -0.25) is 9.59 Å². The van der Waals surface area contributed by atoms with Gasteiger partial charge >= 0.3 is 0 Å². The highest BCUT2D eigenvalue weighted by atomic mass is 79.9. The average molecular weight is 484 g/mol. The van der Waals surface area contributed by atoms with Crippen LogP contribution in [0.15, 0.2) is 86.6 Å². The van der Waals surface area contributed by atoms with Crippen molar-refractivity contribution in [3.05, 3.63) is 86.4 Å². The van der Waals surface area contributed by atoms with E-state index < -0.39 is 0 Å². The summed E-state index contributed by atoms with van der Waals surface area (Å²) >= 11 is 5.99. The van der Waals surface area contributed by atoms with E-state index in [9.17, 15) is 9.59 Å². The number of anilines is 2. The molecule has 5 nitrogen and oxygen atoms in total. The van der Waals surface area contributed by atoms with Crippen LogP contribution in [0.1, 0.15) is 4.88 Å². The minimum Gasteiger partial charge on any atom is -0.320 e. The maximum absolute atomic E-state index is 13.1. The molecule has 0 saturated carbocycles. The highest BCUT2D eigenvalue weighted by molar-refractivity contribution is 9.10. The molecule has 4 rings (SSSR count). The molecule has 1 aliphatic heterocycles. The van der Waals surface area contributed by atoms with Crippen LogP contribution in [0, 0.1) is 0 Å². The molecule has 29 heavy (non-hydrogen) atoms. The number of halogens is 1. The Hall–Kier alpha value is -2.68. The first-order chi connectivity index (χ1) is 14.1. The first-order valence-corrected chi connectivity index (χ1v) is 11.1. The maximum atomic E-state index is 13.1. The molecule has 0 atom stereocenters. The first kappa shape index (κ1) is 19.6. The van der Waals surface area contributed by atoms with E-state index >= 15 is 0 Å². The summed E-state index contributed by atoms with van der Waals surface area (Å²) in [5, 5.41) is 10.6. The Morgan fingerprint density at radius 3 is 2.48 bits per heavy atom. The number of carbonyl (C=O) groups is 2. The van der Waals surface area contributed by atoms with Crippen molar-refractivity contribution in [2.75, 3.05) is 10.3 Å². The van der Waals surface area contributed by atoms with Gasteiger partial charge in [0.2, 0.25) is 0 Å². The summed E-state index contributed by atoms with van der Waals surface area (Å²) in [5.74, 6) is -0.644. The van der Waals surface area contributed by atoms with E-state index in [4.69, 9.17) is 0 Å². The van der Waals surface area contributed by atoms with Gasteiger partial charge in [-0.25, -0.2) is 0 Å². The van der Waals surface area contributed by atoms with Crippen molar-refractivity contribution < 1.29 is 9.59 Å². The lowest BCUT2D eigenvalue weighted by atomic mass is 10.3. The molecule has 2 aromatic carbocycles. The van der Waals surface area contributed by atoms with Crippen LogP contribution >= 0.6 is 39.0 Å². The summed E-state index contributed by atoms with van der Waals surface area (Å²) in [6, 6.07) is 20.2. The van der Waals surface area contributed by atoms with Gasteiger partial charge in [0.25, 0.3) is 11.8 Å². The van der Waals surface area contributed by atoms with Crippen molar-refractivity contribution in [3.8, 4) is 0 Å². The molecule has 0 radical (unpaired) electrons. The molecular weight excluding hydrogens is 470 g/mol. The molecule has 1 aromatic heterocycles. The number of benzene rings is 2. The van der Waals surface area contributed by atoms with E-state index in [2.05, 4.69) is 26.3 Å². The Morgan fingerprint density at radius 1 is 1.03 bits per heavy atom. The third-order valence-corrected chi connectivity index (χ3v) is 6.24. The summed E-state index contributed by atoms with van der Waals surface area (Å²) in [7, 11) is 0. The fraction of sp³-hybridized carbons (Fsp3) is 0. The fourth-order valence-electron chi connectivity index (χ4n) is 2.56. The predicted octanol–water partition coefficient (Wildman–Crippen LogP) is 5.58. The van der Waals surface area contributed by atoms with Crippen molar-refractivity contribution in [3.63, 3.8) is 0 Å². The number of hydrogen-bond acceptors (Lipinski definition) is 5. The molecule has 144 valence electrons. The zero-order valence-electron chi connectivity index (χ0n) is 14.9. The van der Waals surface area contributed by atoms with E-state index in [1.54, 1.807) is 30.3 Å². The normalized spacial score (nSPS) is 15.3. The van der Waals surface area contributed by atoms with Gasteiger partial charge in [0.15, 0.2) is 5.04 Å². The zero-order chi connectivity index (χ0) is 20.2. The Labute approximate surface area is 184 Å². The number of nitrogens with one attached hydrogen (secondary N) is 1. The van der Waals surface area contributed by atoms with Gasteiger partial charge in [-0.1, -0.05) is 52.0 Å². The Kier molecular flexibility index (Phi) is 5.94. The number of thiophene rings is 1. The standard InChI is InChI=1S/C21H14BrN3O2S2/c22-14-8-10-16(11-9-14)25-21(27)18(13-17-7-4-12-28-17)29-20(24-25)19(26)23-15-5-2-1-3-6-15/h1-13H,(H,23,26). The monoisotopic (exact) mass is 483 g/mol. The van der Waals surface area contributed by atoms with E-state index in [-0.39, 0.29) is 16.9 Å². The molecule has 3 aromatic rings. The predicted molar refractivity (Wildman–Crippen MR) is 124 cm³/mol. The third kappa shape index (κ3) is 4.67. The van der Waals surface area contributed by atoms with Crippen LogP contribution in [0.25, 0.3) is 6.08 Å². The topological polar surface area (TPSA) is 61.8 Å². The van der Waals surface area contributed by atoms with E-state index in [0.717, 1.165) is 21.1 Å². The molecular formula is C21H14BrN3O2S2. The van der Waals surface area contributed by atoms with Gasteiger partial charge in [0, 0.05) is 15.0 Å². The number of thioether (sulfide) groups is 1. The minimum absolute atomic E-state index is 0.194. The number of hydrogen-bond donors (Lipinski definition) is 1. The SMILES string of the molecule is O=C(Nc1ccccc1)C1=NN(c2ccc(Br)cc2)C(=O)C(=Cc2cccs2)S1. The summed E-state index contributed by atoms with van der Waals surface area (Å²) in [6.45, 7) is 0. The van der Waals surface area contributed by atoms with E-state index in [0.29, 0.717) is 16.3 Å². The molecule has 0 spiro atoms. The van der Waals surface area contributed by atoms with Gasteiger partial charge in [-0.15, -0.1) is 11.3 Å². The van der Waals surface area contributed by atoms with Gasteiger partial charge in [0.1, 0.15) is 0 Å². The average Bonchev–Trinajstić information content (AvgIpc) is 3.24. The largest absolute Gasteiger partial charge is 0.320 e. The van der Waals surface area contributed by atoms with Gasteiger partial charge < -0.3 is 5.32 Å². The molecule has 8 heteroatoms. The lowest BCUT2D eigenvalue weighted by Crippen LogP contribution is -2.35. The van der Waals surface area contributed by atoms with Crippen LogP contribution < -0.4 is 10.3 Å². The zero-order valence-corrected chi connectivity index (χ0v) is 18.1. The molecule has 1 aliphatic rings. The van der Waals surface area contributed by atoms with Gasteiger partial charge in [-0.2, -0.15) is 10.1 Å². The second-order valence-electron chi connectivity index (χ2n) is 5.94. The number of hydrazone groups is 1. The third-order valence-electron chi connectivity index (χ3n) is 3.91. The second kappa shape index (κ2) is 8.77. The van der Waals surface area contributed by atoms with Crippen molar-refractivity contribution >= 4 is 73.3 Å². The van der Waals surface area contributed by atoms with E-state index in [1.807, 2.05) is 47.8 Å². The fourth-order valence-corrected chi connectivity index (χ4v) is 4.39. The van der Waals surface area contributed by atoms with Crippen LogP contribution in [0.3, 0.4) is 0 Å². The molecule has 0 unspecified atom stereocenters. The number of para-hydroxylation sites is 1. The Bertz CT molecular complexity index is 1090. The van der Waals surface area contributed by atoms with Crippen LogP contribution in [-0.2, 0) is 9.59 Å². The minimum atomic E-state index is -0.368. The lowest BCUT2D eigenvalue weighted by Gasteiger charge is -2.24. The molecule has 0 fully saturated rings. The number of nitrogens with zero attached hydrogens (tertiary/aromatic N) is 2. The quantitative estimate of drug-likeness (QED) is 0.492. The van der Waals surface area contributed by atoms with E-state index in [1.165, 1.54) is 16.3 Å². The Balaban J connectivity index is 1.70.